The van der Waals surface area contributed by atoms with E-state index in [1.165, 1.54) is 10.8 Å². The smallest absolute Gasteiger partial charge is 0.0836 e. The van der Waals surface area contributed by atoms with Crippen molar-refractivity contribution in [2.24, 2.45) is 0 Å². The SMILES string of the molecule is Clc1cccc(Cl)c1N(c1c(Br)c2ccccc2c2ccccc12)c1c(Br)c2ccccc2c2ccccc12. The highest BCUT2D eigenvalue weighted by molar-refractivity contribution is 9.11. The molecular weight excluding hydrogens is 653 g/mol. The number of fused-ring (bicyclic) bond motifs is 6. The molecule has 0 aliphatic carbocycles. The fourth-order valence-electron chi connectivity index (χ4n) is 5.63. The Bertz CT molecular complexity index is 1940. The Balaban J connectivity index is 1.75. The monoisotopic (exact) mass is 669 g/mol. The van der Waals surface area contributed by atoms with Gasteiger partial charge in [0.05, 0.1) is 36.1 Å². The number of nitrogens with zero attached hydrogens (tertiary/aromatic N) is 1. The van der Waals surface area contributed by atoms with Crippen molar-refractivity contribution in [2.45, 2.75) is 0 Å². The van der Waals surface area contributed by atoms with Gasteiger partial charge < -0.3 is 4.90 Å². The van der Waals surface area contributed by atoms with Crippen LogP contribution in [0.3, 0.4) is 0 Å². The van der Waals surface area contributed by atoms with Crippen molar-refractivity contribution in [3.8, 4) is 0 Å². The van der Waals surface area contributed by atoms with Crippen molar-refractivity contribution in [2.75, 3.05) is 4.90 Å². The molecule has 0 aliphatic heterocycles. The Kier molecular flexibility index (Phi) is 6.28. The van der Waals surface area contributed by atoms with Gasteiger partial charge in [0, 0.05) is 10.8 Å². The van der Waals surface area contributed by atoms with Gasteiger partial charge in [-0.2, -0.15) is 0 Å². The summed E-state index contributed by atoms with van der Waals surface area (Å²) < 4.78 is 1.94. The molecule has 39 heavy (non-hydrogen) atoms. The van der Waals surface area contributed by atoms with E-state index in [2.05, 4.69) is 134 Å². The average molecular weight is 672 g/mol. The van der Waals surface area contributed by atoms with E-state index in [9.17, 15) is 0 Å². The molecule has 0 unspecified atom stereocenters. The fourth-order valence-corrected chi connectivity index (χ4v) is 7.67. The number of rotatable bonds is 3. The van der Waals surface area contributed by atoms with Gasteiger partial charge in [0.25, 0.3) is 0 Å². The average Bonchev–Trinajstić information content (AvgIpc) is 2.97. The molecule has 5 heteroatoms. The zero-order valence-corrected chi connectivity index (χ0v) is 25.1. The van der Waals surface area contributed by atoms with E-state index in [0.29, 0.717) is 10.0 Å². The number of hydrogen-bond donors (Lipinski definition) is 0. The summed E-state index contributed by atoms with van der Waals surface area (Å²) in [6, 6.07) is 39.6. The number of halogens is 4. The molecule has 7 aromatic rings. The van der Waals surface area contributed by atoms with Crippen LogP contribution in [0.2, 0.25) is 10.0 Å². The lowest BCUT2D eigenvalue weighted by Crippen LogP contribution is -2.14. The number of hydrogen-bond acceptors (Lipinski definition) is 1. The molecule has 0 atom stereocenters. The maximum absolute atomic E-state index is 7.01. The predicted molar refractivity (Wildman–Crippen MR) is 177 cm³/mol. The van der Waals surface area contributed by atoms with Gasteiger partial charge in [0.15, 0.2) is 0 Å². The minimum absolute atomic E-state index is 0.566. The largest absolute Gasteiger partial charge is 0.304 e. The van der Waals surface area contributed by atoms with Crippen LogP contribution in [0.25, 0.3) is 43.1 Å². The van der Waals surface area contributed by atoms with E-state index in [1.54, 1.807) is 0 Å². The maximum Gasteiger partial charge on any atom is 0.0836 e. The Morgan fingerprint density at radius 3 is 1.05 bits per heavy atom. The molecule has 0 radical (unpaired) electrons. The minimum Gasteiger partial charge on any atom is -0.304 e. The highest BCUT2D eigenvalue weighted by Gasteiger charge is 2.28. The molecule has 0 amide bonds. The summed E-state index contributed by atoms with van der Waals surface area (Å²) in [6.07, 6.45) is 0. The first kappa shape index (κ1) is 24.9. The van der Waals surface area contributed by atoms with E-state index >= 15 is 0 Å². The van der Waals surface area contributed by atoms with Crippen LogP contribution in [0.15, 0.2) is 124 Å². The molecule has 0 aromatic heterocycles. The Morgan fingerprint density at radius 1 is 0.359 bits per heavy atom. The molecule has 0 saturated carbocycles. The third-order valence-corrected chi connectivity index (χ3v) is 9.51. The van der Waals surface area contributed by atoms with Crippen LogP contribution in [0.1, 0.15) is 0 Å². The van der Waals surface area contributed by atoms with Crippen LogP contribution in [-0.2, 0) is 0 Å². The first-order valence-corrected chi connectivity index (χ1v) is 14.8. The van der Waals surface area contributed by atoms with E-state index in [-0.39, 0.29) is 0 Å². The summed E-state index contributed by atoms with van der Waals surface area (Å²) in [5.41, 5.74) is 2.67. The van der Waals surface area contributed by atoms with Crippen LogP contribution in [0.5, 0.6) is 0 Å². The van der Waals surface area contributed by atoms with E-state index in [4.69, 9.17) is 23.2 Å². The summed E-state index contributed by atoms with van der Waals surface area (Å²) in [4.78, 5) is 2.22. The third-order valence-electron chi connectivity index (χ3n) is 7.30. The summed E-state index contributed by atoms with van der Waals surface area (Å²) in [5.74, 6) is 0. The second-order valence-corrected chi connectivity index (χ2v) is 11.8. The number of para-hydroxylation sites is 1. The topological polar surface area (TPSA) is 3.24 Å². The molecule has 0 spiro atoms. The predicted octanol–water partition coefficient (Wildman–Crippen LogP) is 12.6. The van der Waals surface area contributed by atoms with Gasteiger partial charge in [0.2, 0.25) is 0 Å². The van der Waals surface area contributed by atoms with Crippen LogP contribution in [0.4, 0.5) is 17.1 Å². The number of benzene rings is 7. The zero-order valence-electron chi connectivity index (χ0n) is 20.4. The lowest BCUT2D eigenvalue weighted by atomic mass is 9.96. The molecule has 7 rings (SSSR count). The van der Waals surface area contributed by atoms with Crippen LogP contribution in [-0.4, -0.2) is 0 Å². The van der Waals surface area contributed by atoms with Crippen molar-refractivity contribution in [1.29, 1.82) is 0 Å². The third kappa shape index (κ3) is 3.87. The maximum atomic E-state index is 7.01. The Hall–Kier alpha value is -3.08. The van der Waals surface area contributed by atoms with Gasteiger partial charge in [-0.3, -0.25) is 0 Å². The summed E-state index contributed by atoms with van der Waals surface area (Å²) in [5, 5.41) is 10.2. The van der Waals surface area contributed by atoms with Crippen molar-refractivity contribution in [3.63, 3.8) is 0 Å². The zero-order chi connectivity index (χ0) is 26.7. The van der Waals surface area contributed by atoms with Crippen LogP contribution < -0.4 is 4.90 Å². The molecule has 7 aromatic carbocycles. The van der Waals surface area contributed by atoms with Gasteiger partial charge in [-0.05, 0) is 76.3 Å². The molecule has 1 nitrogen and oxygen atoms in total. The molecule has 188 valence electrons. The van der Waals surface area contributed by atoms with Crippen molar-refractivity contribution >= 4 is 115 Å². The van der Waals surface area contributed by atoms with Crippen molar-refractivity contribution < 1.29 is 0 Å². The normalized spacial score (nSPS) is 11.6. The first-order valence-electron chi connectivity index (χ1n) is 12.5. The van der Waals surface area contributed by atoms with E-state index in [1.807, 2.05) is 18.2 Å². The highest BCUT2D eigenvalue weighted by atomic mass is 79.9. The summed E-state index contributed by atoms with van der Waals surface area (Å²) >= 11 is 22.1. The first-order chi connectivity index (χ1) is 19.1. The molecular formula is C34H19Br2Cl2N. The molecule has 0 fully saturated rings. The highest BCUT2D eigenvalue weighted by Crippen LogP contribution is 2.55. The standard InChI is InChI=1S/C34H19Br2Cl2N/c35-30-24-14-5-1-10-20(24)22-12-3-7-16-26(22)32(30)39(34-28(37)18-9-19-29(34)38)33-27-17-8-4-13-23(27)21-11-2-6-15-25(21)31(33)36/h1-19H. The molecule has 0 bridgehead atoms. The Morgan fingerprint density at radius 2 is 0.667 bits per heavy atom. The lowest BCUT2D eigenvalue weighted by Gasteiger charge is -2.32. The summed E-state index contributed by atoms with van der Waals surface area (Å²) in [7, 11) is 0. The quantitative estimate of drug-likeness (QED) is 0.169. The molecule has 0 saturated heterocycles. The van der Waals surface area contributed by atoms with Crippen molar-refractivity contribution in [3.05, 3.63) is 134 Å². The van der Waals surface area contributed by atoms with Gasteiger partial charge in [-0.15, -0.1) is 0 Å². The number of anilines is 3. The lowest BCUT2D eigenvalue weighted by molar-refractivity contribution is 1.30. The van der Waals surface area contributed by atoms with E-state index < -0.39 is 0 Å². The fraction of sp³-hybridized carbons (Fsp3) is 0. The van der Waals surface area contributed by atoms with Gasteiger partial charge >= 0.3 is 0 Å². The van der Waals surface area contributed by atoms with Crippen LogP contribution in [0, 0.1) is 0 Å². The van der Waals surface area contributed by atoms with Crippen LogP contribution >= 0.6 is 55.1 Å². The Labute approximate surface area is 252 Å². The van der Waals surface area contributed by atoms with E-state index in [0.717, 1.165) is 58.3 Å². The minimum atomic E-state index is 0.566. The van der Waals surface area contributed by atoms with Crippen molar-refractivity contribution in [1.82, 2.24) is 0 Å². The molecule has 0 N–H and O–H groups in total. The van der Waals surface area contributed by atoms with Gasteiger partial charge in [0.1, 0.15) is 0 Å². The second kappa shape index (κ2) is 9.83. The second-order valence-electron chi connectivity index (χ2n) is 9.41. The molecule has 0 aliphatic rings. The van der Waals surface area contributed by atoms with Gasteiger partial charge in [-0.25, -0.2) is 0 Å². The van der Waals surface area contributed by atoms with Gasteiger partial charge in [-0.1, -0.05) is 126 Å². The molecule has 0 heterocycles. The summed E-state index contributed by atoms with van der Waals surface area (Å²) in [6.45, 7) is 0.